The molecule has 7 heteroatoms. The lowest BCUT2D eigenvalue weighted by Crippen LogP contribution is -2.51. The van der Waals surface area contributed by atoms with Gasteiger partial charge in [0.2, 0.25) is 0 Å². The van der Waals surface area contributed by atoms with Crippen molar-refractivity contribution >= 4 is 15.9 Å². The summed E-state index contributed by atoms with van der Waals surface area (Å²) >= 11 is 0. The predicted octanol–water partition coefficient (Wildman–Crippen LogP) is 3.28. The number of amides is 1. The first-order valence-corrected chi connectivity index (χ1v) is 12.5. The fraction of sp³-hybridized carbons (Fsp3) is 0.458. The van der Waals surface area contributed by atoms with Crippen molar-refractivity contribution in [2.75, 3.05) is 11.5 Å². The van der Waals surface area contributed by atoms with Gasteiger partial charge in [0.15, 0.2) is 9.84 Å². The van der Waals surface area contributed by atoms with Gasteiger partial charge in [0.25, 0.3) is 0 Å². The second kappa shape index (κ2) is 8.63. The third-order valence-electron chi connectivity index (χ3n) is 6.25. The molecule has 6 nitrogen and oxygen atoms in total. The molecule has 0 saturated carbocycles. The monoisotopic (exact) mass is 443 g/mol. The Kier molecular flexibility index (Phi) is 6.08. The molecule has 2 aromatic carbocycles. The maximum absolute atomic E-state index is 12.7. The SMILES string of the molecule is CC(C)c1cccc(CN2C(=O)O[C@H]3[C@H](Cc4cccc(CO)c4)CS(=O)(=O)C[C@@H]32)c1. The fourth-order valence-electron chi connectivity index (χ4n) is 4.68. The predicted molar refractivity (Wildman–Crippen MR) is 118 cm³/mol. The van der Waals surface area contributed by atoms with Crippen LogP contribution in [0.25, 0.3) is 0 Å². The van der Waals surface area contributed by atoms with Crippen LogP contribution in [0.3, 0.4) is 0 Å². The molecule has 2 aromatic rings. The highest BCUT2D eigenvalue weighted by molar-refractivity contribution is 7.91. The molecule has 2 heterocycles. The summed E-state index contributed by atoms with van der Waals surface area (Å²) in [4.78, 5) is 14.3. The van der Waals surface area contributed by atoms with Crippen molar-refractivity contribution in [2.45, 2.75) is 51.5 Å². The van der Waals surface area contributed by atoms with Crippen LogP contribution in [0.1, 0.15) is 42.0 Å². The zero-order valence-corrected chi connectivity index (χ0v) is 18.7. The van der Waals surface area contributed by atoms with E-state index in [0.717, 1.165) is 16.7 Å². The summed E-state index contributed by atoms with van der Waals surface area (Å²) in [5, 5.41) is 9.39. The van der Waals surface area contributed by atoms with Gasteiger partial charge in [0.1, 0.15) is 6.10 Å². The number of nitrogens with zero attached hydrogens (tertiary/aromatic N) is 1. The van der Waals surface area contributed by atoms with Crippen LogP contribution < -0.4 is 0 Å². The Labute approximate surface area is 183 Å². The molecule has 3 atom stereocenters. The number of fused-ring (bicyclic) bond motifs is 1. The standard InChI is InChI=1S/C24H29NO5S/c1-16(2)20-8-4-6-18(11-20)12-25-22-15-31(28,29)14-21(23(22)30-24(25)27)10-17-5-3-7-19(9-17)13-26/h3-9,11,16,21-23,26H,10,12-15H2,1-2H3/t21-,22+,23+/m1/s1. The van der Waals surface area contributed by atoms with Crippen molar-refractivity contribution < 1.29 is 23.1 Å². The van der Waals surface area contributed by atoms with E-state index in [-0.39, 0.29) is 24.0 Å². The summed E-state index contributed by atoms with van der Waals surface area (Å²) in [6, 6.07) is 15.0. The van der Waals surface area contributed by atoms with E-state index in [1.165, 1.54) is 5.56 Å². The summed E-state index contributed by atoms with van der Waals surface area (Å²) in [5.41, 5.74) is 3.87. The van der Waals surface area contributed by atoms with Crippen LogP contribution in [0.5, 0.6) is 0 Å². The second-order valence-electron chi connectivity index (χ2n) is 8.96. The normalized spacial score (nSPS) is 24.8. The summed E-state index contributed by atoms with van der Waals surface area (Å²) in [7, 11) is -3.32. The molecule has 166 valence electrons. The van der Waals surface area contributed by atoms with Crippen molar-refractivity contribution in [3.63, 3.8) is 0 Å². The van der Waals surface area contributed by atoms with Crippen LogP contribution in [0.2, 0.25) is 0 Å². The van der Waals surface area contributed by atoms with Crippen molar-refractivity contribution in [1.82, 2.24) is 4.90 Å². The average molecular weight is 444 g/mol. The second-order valence-corrected chi connectivity index (χ2v) is 11.1. The molecule has 31 heavy (non-hydrogen) atoms. The largest absolute Gasteiger partial charge is 0.444 e. The van der Waals surface area contributed by atoms with E-state index < -0.39 is 28.1 Å². The first-order chi connectivity index (χ1) is 14.8. The van der Waals surface area contributed by atoms with Crippen LogP contribution in [-0.4, -0.2) is 48.2 Å². The highest BCUT2D eigenvalue weighted by Gasteiger charge is 2.51. The maximum atomic E-state index is 12.7. The summed E-state index contributed by atoms with van der Waals surface area (Å²) < 4.78 is 31.2. The zero-order valence-electron chi connectivity index (χ0n) is 17.9. The first-order valence-electron chi connectivity index (χ1n) is 10.7. The van der Waals surface area contributed by atoms with Crippen molar-refractivity contribution in [1.29, 1.82) is 0 Å². The Morgan fingerprint density at radius 1 is 1.06 bits per heavy atom. The van der Waals surface area contributed by atoms with Crippen LogP contribution in [-0.2, 0) is 34.1 Å². The maximum Gasteiger partial charge on any atom is 0.410 e. The quantitative estimate of drug-likeness (QED) is 0.741. The summed E-state index contributed by atoms with van der Waals surface area (Å²) in [6.45, 7) is 4.50. The van der Waals surface area contributed by atoms with Crippen molar-refractivity contribution in [3.8, 4) is 0 Å². The molecule has 0 aromatic heterocycles. The van der Waals surface area contributed by atoms with Crippen molar-refractivity contribution in [2.24, 2.45) is 5.92 Å². The number of carbonyl (C=O) groups is 1. The zero-order chi connectivity index (χ0) is 22.2. The third kappa shape index (κ3) is 4.77. The van der Waals surface area contributed by atoms with E-state index in [0.29, 0.717) is 18.9 Å². The average Bonchev–Trinajstić information content (AvgIpc) is 3.03. The molecular formula is C24H29NO5S. The Bertz CT molecular complexity index is 1070. The minimum atomic E-state index is -3.32. The van der Waals surface area contributed by atoms with Gasteiger partial charge in [-0.3, -0.25) is 4.90 Å². The molecule has 1 N–H and O–H groups in total. The fourth-order valence-corrected chi connectivity index (χ4v) is 6.67. The van der Waals surface area contributed by atoms with Crippen LogP contribution >= 0.6 is 0 Å². The smallest absolute Gasteiger partial charge is 0.410 e. The molecule has 1 amide bonds. The van der Waals surface area contributed by atoms with E-state index in [9.17, 15) is 18.3 Å². The van der Waals surface area contributed by atoms with Crippen LogP contribution in [0.4, 0.5) is 4.79 Å². The molecule has 0 unspecified atom stereocenters. The highest BCUT2D eigenvalue weighted by Crippen LogP contribution is 2.35. The number of ether oxygens (including phenoxy) is 1. The Morgan fingerprint density at radius 2 is 1.77 bits per heavy atom. The number of sulfone groups is 1. The molecule has 2 saturated heterocycles. The van der Waals surface area contributed by atoms with Gasteiger partial charge in [-0.15, -0.1) is 0 Å². The number of carbonyl (C=O) groups excluding carboxylic acids is 1. The van der Waals surface area contributed by atoms with E-state index in [4.69, 9.17) is 4.74 Å². The molecule has 0 aliphatic carbocycles. The van der Waals surface area contributed by atoms with E-state index >= 15 is 0 Å². The highest BCUT2D eigenvalue weighted by atomic mass is 32.2. The molecule has 2 aliphatic heterocycles. The molecule has 2 aliphatic rings. The molecule has 0 bridgehead atoms. The molecule has 2 fully saturated rings. The number of hydrogen-bond acceptors (Lipinski definition) is 5. The lowest BCUT2D eigenvalue weighted by atomic mass is 9.90. The summed E-state index contributed by atoms with van der Waals surface area (Å²) in [6.07, 6.45) is -0.420. The lowest BCUT2D eigenvalue weighted by molar-refractivity contribution is 0.0970. The number of benzene rings is 2. The van der Waals surface area contributed by atoms with Gasteiger partial charge in [-0.05, 0) is 34.6 Å². The van der Waals surface area contributed by atoms with Gasteiger partial charge in [0.05, 0.1) is 24.2 Å². The number of rotatable bonds is 6. The van der Waals surface area contributed by atoms with Gasteiger partial charge >= 0.3 is 6.09 Å². The van der Waals surface area contributed by atoms with Gasteiger partial charge in [-0.1, -0.05) is 62.4 Å². The third-order valence-corrected chi connectivity index (χ3v) is 8.04. The Balaban J connectivity index is 1.58. The van der Waals surface area contributed by atoms with Gasteiger partial charge in [0, 0.05) is 12.5 Å². The Morgan fingerprint density at radius 3 is 2.52 bits per heavy atom. The van der Waals surface area contributed by atoms with E-state index in [1.807, 2.05) is 36.4 Å². The molecule has 0 radical (unpaired) electrons. The van der Waals surface area contributed by atoms with E-state index in [1.54, 1.807) is 4.90 Å². The molecular weight excluding hydrogens is 414 g/mol. The van der Waals surface area contributed by atoms with E-state index in [2.05, 4.69) is 26.0 Å². The lowest BCUT2D eigenvalue weighted by Gasteiger charge is -2.34. The number of aliphatic hydroxyl groups excluding tert-OH is 1. The number of aliphatic hydroxyl groups is 1. The molecule has 4 rings (SSSR count). The van der Waals surface area contributed by atoms with Crippen LogP contribution in [0.15, 0.2) is 48.5 Å². The van der Waals surface area contributed by atoms with Crippen LogP contribution in [0, 0.1) is 5.92 Å². The minimum Gasteiger partial charge on any atom is -0.444 e. The van der Waals surface area contributed by atoms with Gasteiger partial charge in [-0.25, -0.2) is 13.2 Å². The summed E-state index contributed by atoms with van der Waals surface area (Å²) in [5.74, 6) is -0.0111. The van der Waals surface area contributed by atoms with Gasteiger partial charge in [-0.2, -0.15) is 0 Å². The number of hydrogen-bond donors (Lipinski definition) is 1. The van der Waals surface area contributed by atoms with Gasteiger partial charge < -0.3 is 9.84 Å². The molecule has 0 spiro atoms. The Hall–Kier alpha value is -2.38. The first kappa shape index (κ1) is 21.8. The topological polar surface area (TPSA) is 83.9 Å². The van der Waals surface area contributed by atoms with Crippen molar-refractivity contribution in [3.05, 3.63) is 70.8 Å². The minimum absolute atomic E-state index is 0.00146.